The molecule has 2 rings (SSSR count). The lowest BCUT2D eigenvalue weighted by Gasteiger charge is -2.10. The Bertz CT molecular complexity index is 788. The standard InChI is InChI=1S/C21H21NO4/c1-3-15(2)17-6-8-18(9-7-17)20(23)13-26-21(24)14-25-19-10-4-16(12-22)5-11-19/h4-11,15H,3,13-14H2,1-2H3/t15-/m0/s1. The smallest absolute Gasteiger partial charge is 0.344 e. The van der Waals surface area contributed by atoms with Crippen molar-refractivity contribution >= 4 is 11.8 Å². The van der Waals surface area contributed by atoms with Gasteiger partial charge in [0.25, 0.3) is 0 Å². The molecule has 0 aromatic heterocycles. The number of carbonyl (C=O) groups excluding carboxylic acids is 2. The van der Waals surface area contributed by atoms with Crippen molar-refractivity contribution in [2.75, 3.05) is 13.2 Å². The van der Waals surface area contributed by atoms with Crippen LogP contribution in [0.4, 0.5) is 0 Å². The third kappa shape index (κ3) is 5.45. The lowest BCUT2D eigenvalue weighted by molar-refractivity contribution is -0.144. The zero-order valence-electron chi connectivity index (χ0n) is 14.9. The normalized spacial score (nSPS) is 11.3. The molecule has 5 heteroatoms. The average molecular weight is 351 g/mol. The first kappa shape index (κ1) is 19.2. The van der Waals surface area contributed by atoms with E-state index >= 15 is 0 Å². The number of benzene rings is 2. The zero-order chi connectivity index (χ0) is 18.9. The molecule has 0 saturated heterocycles. The zero-order valence-corrected chi connectivity index (χ0v) is 14.9. The molecule has 0 unspecified atom stereocenters. The predicted octanol–water partition coefficient (Wildman–Crippen LogP) is 3.88. The van der Waals surface area contributed by atoms with Crippen LogP contribution in [0.5, 0.6) is 5.75 Å². The van der Waals surface area contributed by atoms with Gasteiger partial charge in [0, 0.05) is 5.56 Å². The van der Waals surface area contributed by atoms with Gasteiger partial charge in [-0.15, -0.1) is 0 Å². The highest BCUT2D eigenvalue weighted by Gasteiger charge is 2.11. The second kappa shape index (κ2) is 9.38. The maximum atomic E-state index is 12.1. The van der Waals surface area contributed by atoms with Crippen molar-refractivity contribution in [3.05, 3.63) is 65.2 Å². The topological polar surface area (TPSA) is 76.4 Å². The van der Waals surface area contributed by atoms with E-state index in [1.807, 2.05) is 18.2 Å². The molecular formula is C21H21NO4. The SMILES string of the molecule is CC[C@H](C)c1ccc(C(=O)COC(=O)COc2ccc(C#N)cc2)cc1. The minimum Gasteiger partial charge on any atom is -0.482 e. The predicted molar refractivity (Wildman–Crippen MR) is 97.1 cm³/mol. The molecule has 0 radical (unpaired) electrons. The minimum absolute atomic E-state index is 0.257. The first-order valence-electron chi connectivity index (χ1n) is 8.45. The van der Waals surface area contributed by atoms with Gasteiger partial charge in [-0.25, -0.2) is 4.79 Å². The molecular weight excluding hydrogens is 330 g/mol. The lowest BCUT2D eigenvalue weighted by Crippen LogP contribution is -2.19. The van der Waals surface area contributed by atoms with Crippen molar-refractivity contribution < 1.29 is 19.1 Å². The van der Waals surface area contributed by atoms with Gasteiger partial charge in [-0.1, -0.05) is 38.1 Å². The van der Waals surface area contributed by atoms with E-state index in [1.165, 1.54) is 5.56 Å². The highest BCUT2D eigenvalue weighted by Crippen LogP contribution is 2.19. The number of ether oxygens (including phenoxy) is 2. The van der Waals surface area contributed by atoms with Crippen molar-refractivity contribution in [3.8, 4) is 11.8 Å². The van der Waals surface area contributed by atoms with Crippen molar-refractivity contribution in [1.29, 1.82) is 5.26 Å². The van der Waals surface area contributed by atoms with E-state index in [0.717, 1.165) is 6.42 Å². The Balaban J connectivity index is 1.79. The first-order chi connectivity index (χ1) is 12.5. The second-order valence-electron chi connectivity index (χ2n) is 5.94. The van der Waals surface area contributed by atoms with Crippen LogP contribution in [0.3, 0.4) is 0 Å². The monoisotopic (exact) mass is 351 g/mol. The van der Waals surface area contributed by atoms with Gasteiger partial charge in [-0.3, -0.25) is 4.79 Å². The van der Waals surface area contributed by atoms with Crippen molar-refractivity contribution in [2.24, 2.45) is 0 Å². The van der Waals surface area contributed by atoms with Crippen LogP contribution < -0.4 is 4.74 Å². The summed E-state index contributed by atoms with van der Waals surface area (Å²) in [6.07, 6.45) is 1.03. The highest BCUT2D eigenvalue weighted by molar-refractivity contribution is 5.98. The summed E-state index contributed by atoms with van der Waals surface area (Å²) in [4.78, 5) is 23.8. The molecule has 0 amide bonds. The van der Waals surface area contributed by atoms with Crippen LogP contribution >= 0.6 is 0 Å². The van der Waals surface area contributed by atoms with E-state index in [1.54, 1.807) is 36.4 Å². The number of esters is 1. The van der Waals surface area contributed by atoms with Gasteiger partial charge in [0.15, 0.2) is 19.0 Å². The van der Waals surface area contributed by atoms with Crippen LogP contribution in [0.15, 0.2) is 48.5 Å². The Morgan fingerprint density at radius 2 is 1.69 bits per heavy atom. The molecule has 0 bridgehead atoms. The summed E-state index contributed by atoms with van der Waals surface area (Å²) in [6.45, 7) is 3.62. The summed E-state index contributed by atoms with van der Waals surface area (Å²) >= 11 is 0. The average Bonchev–Trinajstić information content (AvgIpc) is 2.70. The van der Waals surface area contributed by atoms with Crippen LogP contribution in [0.1, 0.15) is 47.7 Å². The third-order valence-corrected chi connectivity index (χ3v) is 4.12. The number of Topliss-reactive ketones (excluding diaryl/α,β-unsaturated/α-hetero) is 1. The number of nitrogens with zero attached hydrogens (tertiary/aromatic N) is 1. The van der Waals surface area contributed by atoms with E-state index < -0.39 is 5.97 Å². The van der Waals surface area contributed by atoms with Crippen LogP contribution in [0, 0.1) is 11.3 Å². The Labute approximate surface area is 153 Å². The molecule has 0 aliphatic rings. The van der Waals surface area contributed by atoms with Crippen molar-refractivity contribution in [2.45, 2.75) is 26.2 Å². The molecule has 0 spiro atoms. The van der Waals surface area contributed by atoms with Crippen molar-refractivity contribution in [1.82, 2.24) is 0 Å². The number of nitriles is 1. The Morgan fingerprint density at radius 3 is 2.27 bits per heavy atom. The van der Waals surface area contributed by atoms with E-state index in [9.17, 15) is 9.59 Å². The number of hydrogen-bond acceptors (Lipinski definition) is 5. The minimum atomic E-state index is -0.626. The van der Waals surface area contributed by atoms with E-state index in [0.29, 0.717) is 22.8 Å². The molecule has 0 fully saturated rings. The fourth-order valence-corrected chi connectivity index (χ4v) is 2.27. The molecule has 0 heterocycles. The summed E-state index contributed by atoms with van der Waals surface area (Å²) in [5, 5.41) is 8.72. The first-order valence-corrected chi connectivity index (χ1v) is 8.45. The van der Waals surface area contributed by atoms with E-state index in [2.05, 4.69) is 13.8 Å². The van der Waals surface area contributed by atoms with Gasteiger partial charge >= 0.3 is 5.97 Å². The highest BCUT2D eigenvalue weighted by atomic mass is 16.6. The van der Waals surface area contributed by atoms with Gasteiger partial charge in [0.1, 0.15) is 5.75 Å². The summed E-state index contributed by atoms with van der Waals surface area (Å²) < 4.78 is 10.2. The fraction of sp³-hybridized carbons (Fsp3) is 0.286. The van der Waals surface area contributed by atoms with Gasteiger partial charge in [-0.2, -0.15) is 5.26 Å². The van der Waals surface area contributed by atoms with E-state index in [4.69, 9.17) is 14.7 Å². The maximum absolute atomic E-state index is 12.1. The summed E-state index contributed by atoms with van der Waals surface area (Å²) in [5.41, 5.74) is 2.19. The van der Waals surface area contributed by atoms with Gasteiger partial charge < -0.3 is 9.47 Å². The largest absolute Gasteiger partial charge is 0.482 e. The molecule has 2 aromatic rings. The van der Waals surface area contributed by atoms with Gasteiger partial charge in [-0.05, 0) is 42.2 Å². The van der Waals surface area contributed by atoms with Gasteiger partial charge in [0.2, 0.25) is 0 Å². The number of carbonyl (C=O) groups is 2. The molecule has 26 heavy (non-hydrogen) atoms. The number of ketones is 1. The fourth-order valence-electron chi connectivity index (χ4n) is 2.27. The molecule has 134 valence electrons. The number of hydrogen-bond donors (Lipinski definition) is 0. The van der Waals surface area contributed by atoms with Crippen LogP contribution in [0.2, 0.25) is 0 Å². The lowest BCUT2D eigenvalue weighted by atomic mass is 9.97. The molecule has 1 atom stereocenters. The van der Waals surface area contributed by atoms with E-state index in [-0.39, 0.29) is 19.0 Å². The van der Waals surface area contributed by atoms with Crippen LogP contribution in [0.25, 0.3) is 0 Å². The number of rotatable bonds is 8. The van der Waals surface area contributed by atoms with Crippen LogP contribution in [-0.2, 0) is 9.53 Å². The van der Waals surface area contributed by atoms with Crippen LogP contribution in [-0.4, -0.2) is 25.0 Å². The maximum Gasteiger partial charge on any atom is 0.344 e. The Hall–Kier alpha value is -3.13. The molecule has 5 nitrogen and oxygen atoms in total. The van der Waals surface area contributed by atoms with Crippen molar-refractivity contribution in [3.63, 3.8) is 0 Å². The quantitative estimate of drug-likeness (QED) is 0.533. The Morgan fingerprint density at radius 1 is 1.04 bits per heavy atom. The second-order valence-corrected chi connectivity index (χ2v) is 5.94. The Kier molecular flexibility index (Phi) is 6.92. The third-order valence-electron chi connectivity index (χ3n) is 4.12. The summed E-state index contributed by atoms with van der Waals surface area (Å²) in [7, 11) is 0. The molecule has 0 N–H and O–H groups in total. The molecule has 0 saturated carbocycles. The molecule has 0 aliphatic heterocycles. The van der Waals surface area contributed by atoms with Gasteiger partial charge in [0.05, 0.1) is 11.6 Å². The summed E-state index contributed by atoms with van der Waals surface area (Å²) in [5.74, 6) is 0.00984. The summed E-state index contributed by atoms with van der Waals surface area (Å²) in [6, 6.07) is 15.7. The molecule has 0 aliphatic carbocycles. The molecule has 2 aromatic carbocycles.